The Balaban J connectivity index is 1.51. The lowest BCUT2D eigenvalue weighted by Crippen LogP contribution is -2.22. The predicted molar refractivity (Wildman–Crippen MR) is 103 cm³/mol. The normalized spacial score (nSPS) is 13.5. The summed E-state index contributed by atoms with van der Waals surface area (Å²) in [5, 5.41) is 3.27. The summed E-state index contributed by atoms with van der Waals surface area (Å²) in [4.78, 5) is 16.6. The molecule has 140 valence electrons. The van der Waals surface area contributed by atoms with Crippen molar-refractivity contribution in [3.63, 3.8) is 0 Å². The van der Waals surface area contributed by atoms with Gasteiger partial charge in [-0.1, -0.05) is 22.9 Å². The molecule has 0 fully saturated rings. The van der Waals surface area contributed by atoms with Crippen LogP contribution in [0, 0.1) is 0 Å². The van der Waals surface area contributed by atoms with Crippen LogP contribution in [0.4, 0.5) is 5.13 Å². The molecule has 0 unspecified atom stereocenters. The summed E-state index contributed by atoms with van der Waals surface area (Å²) in [7, 11) is -3.77. The van der Waals surface area contributed by atoms with Gasteiger partial charge in [0.1, 0.15) is 19.0 Å². The number of rotatable bonds is 4. The number of fused-ring (bicyclic) bond motifs is 2. The van der Waals surface area contributed by atoms with Crippen LogP contribution in [0.2, 0.25) is 5.02 Å². The van der Waals surface area contributed by atoms with Crippen molar-refractivity contribution in [3.8, 4) is 11.5 Å². The zero-order valence-electron chi connectivity index (χ0n) is 13.8. The van der Waals surface area contributed by atoms with Crippen molar-refractivity contribution in [2.75, 3.05) is 24.3 Å². The lowest BCUT2D eigenvalue weighted by Gasteiger charge is -2.17. The highest BCUT2D eigenvalue weighted by atomic mass is 35.5. The van der Waals surface area contributed by atoms with Gasteiger partial charge >= 0.3 is 0 Å². The standard InChI is InChI=1S/C17H13ClN2O5S2/c18-10-1-3-11(4-2-10)27(22,23)9-16(21)20-17-19-12-7-13-14(8-15(12)26-17)25-6-5-24-13/h1-4,7-8H,5-6,9H2,(H,19,20,21). The summed E-state index contributed by atoms with van der Waals surface area (Å²) in [5.74, 6) is -0.128. The Morgan fingerprint density at radius 2 is 1.81 bits per heavy atom. The Labute approximate surface area is 163 Å². The molecule has 1 N–H and O–H groups in total. The number of hydrogen-bond donors (Lipinski definition) is 1. The first kappa shape index (κ1) is 18.0. The molecule has 0 saturated heterocycles. The Morgan fingerprint density at radius 3 is 2.52 bits per heavy atom. The summed E-state index contributed by atoms with van der Waals surface area (Å²) >= 11 is 6.99. The van der Waals surface area contributed by atoms with Crippen molar-refractivity contribution in [2.45, 2.75) is 4.90 Å². The predicted octanol–water partition coefficient (Wildman–Crippen LogP) is 3.13. The van der Waals surface area contributed by atoms with Gasteiger partial charge in [0.05, 0.1) is 15.1 Å². The fourth-order valence-corrected chi connectivity index (χ4v) is 4.72. The van der Waals surface area contributed by atoms with Crippen LogP contribution in [-0.2, 0) is 14.6 Å². The molecule has 1 aliphatic rings. The van der Waals surface area contributed by atoms with Crippen LogP contribution in [0.25, 0.3) is 10.2 Å². The van der Waals surface area contributed by atoms with E-state index in [-0.39, 0.29) is 4.90 Å². The summed E-state index contributed by atoms with van der Waals surface area (Å²) in [6.45, 7) is 0.943. The van der Waals surface area contributed by atoms with Gasteiger partial charge in [-0.15, -0.1) is 0 Å². The number of carbonyl (C=O) groups is 1. The molecule has 0 atom stereocenters. The molecule has 10 heteroatoms. The molecule has 1 aliphatic heterocycles. The second kappa shape index (κ2) is 6.99. The van der Waals surface area contributed by atoms with E-state index in [4.69, 9.17) is 21.1 Å². The minimum atomic E-state index is -3.77. The summed E-state index contributed by atoms with van der Waals surface area (Å²) in [5.41, 5.74) is 0.639. The third-order valence-electron chi connectivity index (χ3n) is 3.79. The lowest BCUT2D eigenvalue weighted by atomic mass is 10.3. The average Bonchev–Trinajstić information content (AvgIpc) is 3.00. The SMILES string of the molecule is O=C(CS(=O)(=O)c1ccc(Cl)cc1)Nc1nc2cc3c(cc2s1)OCCO3. The summed E-state index contributed by atoms with van der Waals surface area (Å²) in [6.07, 6.45) is 0. The van der Waals surface area contributed by atoms with Gasteiger partial charge < -0.3 is 14.8 Å². The molecule has 4 rings (SSSR count). The maximum Gasteiger partial charge on any atom is 0.241 e. The quantitative estimate of drug-likeness (QED) is 0.691. The highest BCUT2D eigenvalue weighted by Gasteiger charge is 2.21. The van der Waals surface area contributed by atoms with E-state index in [1.807, 2.05) is 0 Å². The first-order chi connectivity index (χ1) is 12.9. The number of carbonyl (C=O) groups excluding carboxylic acids is 1. The van der Waals surface area contributed by atoms with Gasteiger partial charge in [0.15, 0.2) is 26.5 Å². The number of sulfone groups is 1. The Morgan fingerprint density at radius 1 is 1.15 bits per heavy atom. The van der Waals surface area contributed by atoms with E-state index in [0.717, 1.165) is 4.70 Å². The van der Waals surface area contributed by atoms with E-state index in [9.17, 15) is 13.2 Å². The number of hydrogen-bond acceptors (Lipinski definition) is 7. The highest BCUT2D eigenvalue weighted by Crippen LogP contribution is 2.37. The molecule has 2 heterocycles. The topological polar surface area (TPSA) is 94.6 Å². The molecule has 27 heavy (non-hydrogen) atoms. The fraction of sp³-hybridized carbons (Fsp3) is 0.176. The molecule has 0 aliphatic carbocycles. The van der Waals surface area contributed by atoms with Gasteiger partial charge in [-0.25, -0.2) is 13.4 Å². The maximum absolute atomic E-state index is 12.3. The molecular weight excluding hydrogens is 412 g/mol. The smallest absolute Gasteiger partial charge is 0.241 e. The van der Waals surface area contributed by atoms with E-state index >= 15 is 0 Å². The van der Waals surface area contributed by atoms with Crippen molar-refractivity contribution in [3.05, 3.63) is 41.4 Å². The van der Waals surface area contributed by atoms with Gasteiger partial charge in [0.25, 0.3) is 0 Å². The minimum absolute atomic E-state index is 0.0355. The Bertz CT molecular complexity index is 1080. The summed E-state index contributed by atoms with van der Waals surface area (Å²) < 4.78 is 36.5. The molecule has 0 spiro atoms. The van der Waals surface area contributed by atoms with Crippen LogP contribution in [0.5, 0.6) is 11.5 Å². The second-order valence-corrected chi connectivity index (χ2v) is 9.20. The van der Waals surface area contributed by atoms with Crippen LogP contribution in [0.15, 0.2) is 41.3 Å². The number of amides is 1. The first-order valence-electron chi connectivity index (χ1n) is 7.89. The fourth-order valence-electron chi connectivity index (χ4n) is 2.57. The molecule has 1 aromatic heterocycles. The van der Waals surface area contributed by atoms with Gasteiger partial charge in [-0.2, -0.15) is 0 Å². The molecule has 0 saturated carbocycles. The van der Waals surface area contributed by atoms with E-state index < -0.39 is 21.5 Å². The van der Waals surface area contributed by atoms with Crippen LogP contribution < -0.4 is 14.8 Å². The molecule has 3 aromatic rings. The van der Waals surface area contributed by atoms with Crippen LogP contribution in [0.1, 0.15) is 0 Å². The van der Waals surface area contributed by atoms with E-state index in [0.29, 0.717) is 40.4 Å². The van der Waals surface area contributed by atoms with Crippen molar-refractivity contribution in [1.29, 1.82) is 0 Å². The number of thiazole rings is 1. The number of aromatic nitrogens is 1. The number of nitrogens with zero attached hydrogens (tertiary/aromatic N) is 1. The Hall–Kier alpha value is -2.36. The number of anilines is 1. The Kier molecular flexibility index (Phi) is 4.67. The van der Waals surface area contributed by atoms with Crippen molar-refractivity contribution >= 4 is 54.0 Å². The second-order valence-electron chi connectivity index (χ2n) is 5.74. The molecule has 1 amide bonds. The van der Waals surface area contributed by atoms with Gasteiger partial charge in [-0.05, 0) is 24.3 Å². The van der Waals surface area contributed by atoms with Crippen LogP contribution in [-0.4, -0.2) is 38.3 Å². The molecule has 2 aromatic carbocycles. The van der Waals surface area contributed by atoms with E-state index in [2.05, 4.69) is 10.3 Å². The zero-order valence-corrected chi connectivity index (χ0v) is 16.2. The first-order valence-corrected chi connectivity index (χ1v) is 10.7. The average molecular weight is 425 g/mol. The van der Waals surface area contributed by atoms with Crippen molar-refractivity contribution < 1.29 is 22.7 Å². The van der Waals surface area contributed by atoms with E-state index in [1.165, 1.54) is 35.6 Å². The zero-order chi connectivity index (χ0) is 19.0. The van der Waals surface area contributed by atoms with Crippen LogP contribution >= 0.6 is 22.9 Å². The maximum atomic E-state index is 12.3. The van der Waals surface area contributed by atoms with Gasteiger partial charge in [0.2, 0.25) is 5.91 Å². The van der Waals surface area contributed by atoms with Crippen molar-refractivity contribution in [2.24, 2.45) is 0 Å². The molecule has 0 bridgehead atoms. The van der Waals surface area contributed by atoms with E-state index in [1.54, 1.807) is 12.1 Å². The number of ether oxygens (including phenoxy) is 2. The highest BCUT2D eigenvalue weighted by molar-refractivity contribution is 7.92. The van der Waals surface area contributed by atoms with Gasteiger partial charge in [-0.3, -0.25) is 4.79 Å². The van der Waals surface area contributed by atoms with Gasteiger partial charge in [0, 0.05) is 17.2 Å². The lowest BCUT2D eigenvalue weighted by molar-refractivity contribution is -0.113. The largest absolute Gasteiger partial charge is 0.486 e. The van der Waals surface area contributed by atoms with Crippen molar-refractivity contribution in [1.82, 2.24) is 4.98 Å². The number of halogens is 1. The monoisotopic (exact) mass is 424 g/mol. The third kappa shape index (κ3) is 3.85. The molecule has 0 radical (unpaired) electrons. The summed E-state index contributed by atoms with van der Waals surface area (Å²) in [6, 6.07) is 9.19. The number of nitrogens with one attached hydrogen (secondary N) is 1. The number of benzene rings is 2. The molecule has 7 nitrogen and oxygen atoms in total. The minimum Gasteiger partial charge on any atom is -0.486 e. The molecular formula is C17H13ClN2O5S2. The van der Waals surface area contributed by atoms with Crippen LogP contribution in [0.3, 0.4) is 0 Å². The third-order valence-corrected chi connectivity index (χ3v) is 6.61.